The highest BCUT2D eigenvalue weighted by Gasteiger charge is 2.52. The van der Waals surface area contributed by atoms with E-state index < -0.39 is 12.4 Å². The predicted octanol–water partition coefficient (Wildman–Crippen LogP) is 2.98. The van der Waals surface area contributed by atoms with Crippen LogP contribution in [-0.4, -0.2) is 39.7 Å². The van der Waals surface area contributed by atoms with E-state index in [4.69, 9.17) is 0 Å². The fourth-order valence-electron chi connectivity index (χ4n) is 2.98. The third-order valence-corrected chi connectivity index (χ3v) is 5.61. The number of rotatable bonds is 3. The van der Waals surface area contributed by atoms with Crippen LogP contribution >= 0.6 is 11.8 Å². The van der Waals surface area contributed by atoms with Crippen LogP contribution < -0.4 is 10.1 Å². The second-order valence-corrected chi connectivity index (χ2v) is 7.33. The van der Waals surface area contributed by atoms with Crippen molar-refractivity contribution in [3.05, 3.63) is 24.3 Å². The van der Waals surface area contributed by atoms with Gasteiger partial charge >= 0.3 is 6.36 Å². The van der Waals surface area contributed by atoms with Gasteiger partial charge in [-0.3, -0.25) is 9.59 Å². The quantitative estimate of drug-likeness (QED) is 0.900. The number of alkyl halides is 3. The number of anilines is 1. The van der Waals surface area contributed by atoms with Crippen LogP contribution in [0, 0.1) is 0 Å². The van der Waals surface area contributed by atoms with Gasteiger partial charge in [-0.25, -0.2) is 0 Å². The Hall–Kier alpha value is -1.90. The average molecular weight is 360 g/mol. The number of fused-ring (bicyclic) bond motifs is 1. The van der Waals surface area contributed by atoms with Crippen LogP contribution in [0.5, 0.6) is 5.75 Å². The Kier molecular flexibility index (Phi) is 4.15. The predicted molar refractivity (Wildman–Crippen MR) is 82.5 cm³/mol. The van der Waals surface area contributed by atoms with Crippen LogP contribution in [-0.2, 0) is 9.59 Å². The lowest BCUT2D eigenvalue weighted by molar-refractivity contribution is -0.274. The number of nitrogens with zero attached hydrogens (tertiary/aromatic N) is 1. The van der Waals surface area contributed by atoms with Gasteiger partial charge in [0, 0.05) is 17.9 Å². The number of ether oxygens (including phenoxy) is 1. The van der Waals surface area contributed by atoms with E-state index in [2.05, 4.69) is 10.1 Å². The molecule has 1 aromatic rings. The number of halogens is 3. The Morgan fingerprint density at radius 2 is 2.04 bits per heavy atom. The van der Waals surface area contributed by atoms with Gasteiger partial charge in [-0.2, -0.15) is 0 Å². The van der Waals surface area contributed by atoms with Crippen molar-refractivity contribution in [2.24, 2.45) is 0 Å². The topological polar surface area (TPSA) is 58.6 Å². The standard InChI is InChI=1S/C15H15F3N2O3S/c1-14-7-6-12(21)20(14)11(8-24-14)13(22)19-9-2-4-10(5-3-9)23-15(16,17)18/h2-5,11H,6-8H2,1H3,(H,19,22)/t11-,14+/m1/s1. The molecule has 2 saturated heterocycles. The maximum atomic E-state index is 12.4. The molecule has 0 spiro atoms. The van der Waals surface area contributed by atoms with Crippen molar-refractivity contribution in [1.29, 1.82) is 0 Å². The van der Waals surface area contributed by atoms with Crippen LogP contribution in [0.4, 0.5) is 18.9 Å². The van der Waals surface area contributed by atoms with Gasteiger partial charge in [0.05, 0.1) is 4.87 Å². The van der Waals surface area contributed by atoms with Gasteiger partial charge in [-0.05, 0) is 37.6 Å². The van der Waals surface area contributed by atoms with Gasteiger partial charge in [-0.15, -0.1) is 24.9 Å². The van der Waals surface area contributed by atoms with Crippen molar-refractivity contribution >= 4 is 29.3 Å². The minimum Gasteiger partial charge on any atom is -0.406 e. The number of hydrogen-bond acceptors (Lipinski definition) is 4. The van der Waals surface area contributed by atoms with E-state index in [-0.39, 0.29) is 22.4 Å². The van der Waals surface area contributed by atoms with Crippen molar-refractivity contribution in [3.63, 3.8) is 0 Å². The molecule has 130 valence electrons. The number of nitrogens with one attached hydrogen (secondary N) is 1. The van der Waals surface area contributed by atoms with Crippen molar-refractivity contribution < 1.29 is 27.5 Å². The molecule has 5 nitrogen and oxygen atoms in total. The first-order valence-corrected chi connectivity index (χ1v) is 8.29. The highest BCUT2D eigenvalue weighted by Crippen LogP contribution is 2.47. The summed E-state index contributed by atoms with van der Waals surface area (Å²) < 4.78 is 40.1. The lowest BCUT2D eigenvalue weighted by Gasteiger charge is -2.29. The summed E-state index contributed by atoms with van der Waals surface area (Å²) in [6.45, 7) is 1.94. The molecular weight excluding hydrogens is 345 g/mol. The zero-order valence-corrected chi connectivity index (χ0v) is 13.5. The van der Waals surface area contributed by atoms with E-state index in [1.54, 1.807) is 16.7 Å². The minimum absolute atomic E-state index is 0.0448. The molecule has 24 heavy (non-hydrogen) atoms. The molecule has 2 aliphatic heterocycles. The largest absolute Gasteiger partial charge is 0.573 e. The number of hydrogen-bond donors (Lipinski definition) is 1. The van der Waals surface area contributed by atoms with Crippen LogP contribution in [0.25, 0.3) is 0 Å². The molecule has 2 aliphatic rings. The first kappa shape index (κ1) is 16.9. The highest BCUT2D eigenvalue weighted by molar-refractivity contribution is 8.01. The molecule has 0 saturated carbocycles. The monoisotopic (exact) mass is 360 g/mol. The first-order chi connectivity index (χ1) is 11.2. The summed E-state index contributed by atoms with van der Waals surface area (Å²) in [4.78, 5) is 25.7. The maximum absolute atomic E-state index is 12.4. The summed E-state index contributed by atoms with van der Waals surface area (Å²) in [5.41, 5.74) is 0.347. The van der Waals surface area contributed by atoms with Gasteiger partial charge in [0.25, 0.3) is 0 Å². The lowest BCUT2D eigenvalue weighted by atomic mass is 10.2. The zero-order chi connectivity index (χ0) is 17.5. The molecule has 0 unspecified atom stereocenters. The zero-order valence-electron chi connectivity index (χ0n) is 12.7. The molecule has 0 radical (unpaired) electrons. The van der Waals surface area contributed by atoms with Crippen LogP contribution in [0.15, 0.2) is 24.3 Å². The van der Waals surface area contributed by atoms with E-state index in [0.29, 0.717) is 24.3 Å². The van der Waals surface area contributed by atoms with Crippen molar-refractivity contribution in [1.82, 2.24) is 4.90 Å². The molecule has 2 amide bonds. The summed E-state index contributed by atoms with van der Waals surface area (Å²) in [5.74, 6) is -0.245. The van der Waals surface area contributed by atoms with E-state index in [1.165, 1.54) is 12.1 Å². The van der Waals surface area contributed by atoms with E-state index in [1.807, 2.05) is 6.92 Å². The number of amides is 2. The fourth-order valence-corrected chi connectivity index (χ4v) is 4.41. The molecule has 2 atom stereocenters. The Morgan fingerprint density at radius 1 is 1.38 bits per heavy atom. The Balaban J connectivity index is 1.66. The SMILES string of the molecule is C[C@]12CCC(=O)N1[C@@H](C(=O)Nc1ccc(OC(F)(F)F)cc1)CS2. The second-order valence-electron chi connectivity index (χ2n) is 5.83. The maximum Gasteiger partial charge on any atom is 0.573 e. The first-order valence-electron chi connectivity index (χ1n) is 7.31. The highest BCUT2D eigenvalue weighted by atomic mass is 32.2. The molecule has 0 aromatic heterocycles. The Labute approximate surface area is 140 Å². The fraction of sp³-hybridized carbons (Fsp3) is 0.467. The van der Waals surface area contributed by atoms with E-state index in [0.717, 1.165) is 12.1 Å². The molecule has 9 heteroatoms. The molecule has 1 aromatic carbocycles. The number of thioether (sulfide) groups is 1. The smallest absolute Gasteiger partial charge is 0.406 e. The van der Waals surface area contributed by atoms with Gasteiger partial charge in [0.2, 0.25) is 11.8 Å². The Morgan fingerprint density at radius 3 is 2.67 bits per heavy atom. The van der Waals surface area contributed by atoms with Gasteiger partial charge in [0.1, 0.15) is 11.8 Å². The number of carbonyl (C=O) groups is 2. The second kappa shape index (κ2) is 5.87. The number of carbonyl (C=O) groups excluding carboxylic acids is 2. The van der Waals surface area contributed by atoms with Crippen LogP contribution in [0.1, 0.15) is 19.8 Å². The molecule has 2 heterocycles. The normalized spacial score (nSPS) is 26.4. The van der Waals surface area contributed by atoms with Crippen LogP contribution in [0.3, 0.4) is 0 Å². The summed E-state index contributed by atoms with van der Waals surface area (Å²) in [6.07, 6.45) is -3.62. The average Bonchev–Trinajstić information content (AvgIpc) is 2.97. The molecule has 0 bridgehead atoms. The summed E-state index contributed by atoms with van der Waals surface area (Å²) in [5, 5.41) is 2.64. The van der Waals surface area contributed by atoms with Crippen molar-refractivity contribution in [2.75, 3.05) is 11.1 Å². The summed E-state index contributed by atoms with van der Waals surface area (Å²) >= 11 is 1.57. The molecule has 2 fully saturated rings. The minimum atomic E-state index is -4.76. The van der Waals surface area contributed by atoms with Gasteiger partial charge in [0.15, 0.2) is 0 Å². The van der Waals surface area contributed by atoms with Crippen LogP contribution in [0.2, 0.25) is 0 Å². The van der Waals surface area contributed by atoms with E-state index >= 15 is 0 Å². The molecular formula is C15H15F3N2O3S. The molecule has 1 N–H and O–H groups in total. The van der Waals surface area contributed by atoms with Crippen molar-refractivity contribution in [3.8, 4) is 5.75 Å². The van der Waals surface area contributed by atoms with Gasteiger partial charge in [-0.1, -0.05) is 0 Å². The molecule has 0 aliphatic carbocycles. The summed E-state index contributed by atoms with van der Waals surface area (Å²) in [6, 6.07) is 4.33. The van der Waals surface area contributed by atoms with Gasteiger partial charge < -0.3 is 15.0 Å². The number of benzene rings is 1. The lowest BCUT2D eigenvalue weighted by Crippen LogP contribution is -2.48. The Bertz CT molecular complexity index is 665. The molecule has 3 rings (SSSR count). The third-order valence-electron chi connectivity index (χ3n) is 4.10. The third kappa shape index (κ3) is 3.31. The summed E-state index contributed by atoms with van der Waals surface area (Å²) in [7, 11) is 0. The van der Waals surface area contributed by atoms with Crippen molar-refractivity contribution in [2.45, 2.75) is 37.0 Å². The van der Waals surface area contributed by atoms with E-state index in [9.17, 15) is 22.8 Å².